The predicted molar refractivity (Wildman–Crippen MR) is 110 cm³/mol. The van der Waals surface area contributed by atoms with Crippen LogP contribution in [0.1, 0.15) is 52.9 Å². The van der Waals surface area contributed by atoms with Gasteiger partial charge in [0.25, 0.3) is 0 Å². The van der Waals surface area contributed by atoms with Gasteiger partial charge in [-0.3, -0.25) is 14.4 Å². The number of aliphatic hydroxyl groups excluding tert-OH is 1. The summed E-state index contributed by atoms with van der Waals surface area (Å²) in [5.74, 6) is -3.61. The number of ether oxygens (including phenoxy) is 1. The smallest absolute Gasteiger partial charge is 0.310 e. The zero-order valence-electron chi connectivity index (χ0n) is 18.2. The van der Waals surface area contributed by atoms with Gasteiger partial charge in [-0.15, -0.1) is 6.58 Å². The summed E-state index contributed by atoms with van der Waals surface area (Å²) in [6.07, 6.45) is 4.81. The Morgan fingerprint density at radius 3 is 2.63 bits per heavy atom. The number of rotatable bonds is 10. The second-order valence-electron chi connectivity index (χ2n) is 8.88. The van der Waals surface area contributed by atoms with E-state index in [1.165, 1.54) is 4.90 Å². The van der Waals surface area contributed by atoms with Crippen molar-refractivity contribution in [3.8, 4) is 0 Å². The Balaban J connectivity index is 2.09. The Kier molecular flexibility index (Phi) is 6.30. The molecule has 6 atom stereocenters. The first-order chi connectivity index (χ1) is 14.2. The van der Waals surface area contributed by atoms with E-state index < -0.39 is 47.0 Å². The number of unbranched alkanes of at least 4 members (excludes halogenated alkanes) is 1. The van der Waals surface area contributed by atoms with Crippen LogP contribution in [-0.4, -0.2) is 80.8 Å². The highest BCUT2D eigenvalue weighted by atomic mass is 16.5. The fraction of sp³-hybridized carbons (Fsp3) is 0.773. The van der Waals surface area contributed by atoms with Gasteiger partial charge < -0.3 is 24.7 Å². The van der Waals surface area contributed by atoms with E-state index in [0.29, 0.717) is 32.4 Å². The lowest BCUT2D eigenvalue weighted by atomic mass is 9.65. The lowest BCUT2D eigenvalue weighted by molar-refractivity contribution is -0.159. The maximum absolute atomic E-state index is 13.8. The summed E-state index contributed by atoms with van der Waals surface area (Å²) in [5, 5.41) is 19.8. The molecule has 0 radical (unpaired) electrons. The molecular weight excluding hydrogens is 388 g/mol. The molecule has 3 saturated heterocycles. The number of amides is 2. The normalized spacial score (nSPS) is 35.4. The van der Waals surface area contributed by atoms with E-state index in [1.54, 1.807) is 17.9 Å². The van der Waals surface area contributed by atoms with Crippen LogP contribution in [0.4, 0.5) is 0 Å². The van der Waals surface area contributed by atoms with Gasteiger partial charge in [0.05, 0.1) is 24.2 Å². The van der Waals surface area contributed by atoms with Gasteiger partial charge in [-0.05, 0) is 32.6 Å². The summed E-state index contributed by atoms with van der Waals surface area (Å²) in [6.45, 7) is 9.89. The van der Waals surface area contributed by atoms with Crippen molar-refractivity contribution in [1.82, 2.24) is 9.80 Å². The van der Waals surface area contributed by atoms with Crippen molar-refractivity contribution >= 4 is 17.8 Å². The van der Waals surface area contributed by atoms with Crippen LogP contribution in [0.5, 0.6) is 0 Å². The van der Waals surface area contributed by atoms with E-state index in [2.05, 4.69) is 6.58 Å². The third kappa shape index (κ3) is 3.07. The number of fused-ring (bicyclic) bond motifs is 1. The highest BCUT2D eigenvalue weighted by Gasteiger charge is 2.79. The average Bonchev–Trinajstić information content (AvgIpc) is 3.33. The summed E-state index contributed by atoms with van der Waals surface area (Å²) in [4.78, 5) is 42.6. The van der Waals surface area contributed by atoms with Crippen LogP contribution in [0.15, 0.2) is 12.7 Å². The molecule has 8 nitrogen and oxygen atoms in total. The highest BCUT2D eigenvalue weighted by Crippen LogP contribution is 2.64. The zero-order valence-corrected chi connectivity index (χ0v) is 18.2. The van der Waals surface area contributed by atoms with Crippen LogP contribution in [0, 0.1) is 11.8 Å². The number of carbonyl (C=O) groups excluding carboxylic acids is 2. The standard InChI is InChI=1S/C22H34N2O6/c1-5-8-12-23(11-6-2)19(27)17-22-10-9-21(7-3,30-22)16(20(28)29)15(22)18(26)24(17)14(4)13-25/h6,14-17,25H,2,5,7-13H2,1,3-4H3,(H,28,29)/t14-,15+,16+,17?,21-,22?/m1/s1. The Hall–Kier alpha value is -1.93. The maximum Gasteiger partial charge on any atom is 0.310 e. The largest absolute Gasteiger partial charge is 0.481 e. The van der Waals surface area contributed by atoms with Gasteiger partial charge in [-0.2, -0.15) is 0 Å². The summed E-state index contributed by atoms with van der Waals surface area (Å²) >= 11 is 0. The number of aliphatic hydroxyl groups is 1. The number of hydrogen-bond acceptors (Lipinski definition) is 5. The molecule has 30 heavy (non-hydrogen) atoms. The van der Waals surface area contributed by atoms with Crippen LogP contribution in [-0.2, 0) is 19.1 Å². The van der Waals surface area contributed by atoms with Crippen molar-refractivity contribution in [3.63, 3.8) is 0 Å². The topological polar surface area (TPSA) is 107 Å². The lowest BCUT2D eigenvalue weighted by Gasteiger charge is -2.38. The molecule has 8 heteroatoms. The minimum Gasteiger partial charge on any atom is -0.481 e. The van der Waals surface area contributed by atoms with Crippen LogP contribution in [0.2, 0.25) is 0 Å². The minimum atomic E-state index is -1.16. The minimum absolute atomic E-state index is 0.252. The summed E-state index contributed by atoms with van der Waals surface area (Å²) in [7, 11) is 0. The molecule has 0 aromatic carbocycles. The van der Waals surface area contributed by atoms with Gasteiger partial charge in [0.15, 0.2) is 0 Å². The average molecular weight is 423 g/mol. The van der Waals surface area contributed by atoms with Gasteiger partial charge in [-0.25, -0.2) is 0 Å². The fourth-order valence-corrected chi connectivity index (χ4v) is 5.84. The number of hydrogen-bond donors (Lipinski definition) is 2. The summed E-state index contributed by atoms with van der Waals surface area (Å²) in [5.41, 5.74) is -2.09. The Morgan fingerprint density at radius 2 is 2.10 bits per heavy atom. The predicted octanol–water partition coefficient (Wildman–Crippen LogP) is 1.42. The monoisotopic (exact) mass is 422 g/mol. The van der Waals surface area contributed by atoms with Gasteiger partial charge in [0.2, 0.25) is 11.8 Å². The van der Waals surface area contributed by atoms with Crippen LogP contribution in [0.3, 0.4) is 0 Å². The highest BCUT2D eigenvalue weighted by molar-refractivity contribution is 5.98. The second-order valence-corrected chi connectivity index (χ2v) is 8.88. The fourth-order valence-electron chi connectivity index (χ4n) is 5.84. The summed E-state index contributed by atoms with van der Waals surface area (Å²) in [6, 6.07) is -1.55. The van der Waals surface area contributed by atoms with Crippen LogP contribution in [0.25, 0.3) is 0 Å². The molecular formula is C22H34N2O6. The molecule has 168 valence electrons. The van der Waals surface area contributed by atoms with Gasteiger partial charge in [0, 0.05) is 13.1 Å². The molecule has 2 N–H and O–H groups in total. The third-order valence-corrected chi connectivity index (χ3v) is 7.30. The number of carboxylic acid groups (broad SMARTS) is 1. The molecule has 3 rings (SSSR count). The molecule has 3 fully saturated rings. The number of carbonyl (C=O) groups is 3. The number of aliphatic carboxylic acids is 1. The Morgan fingerprint density at radius 1 is 1.40 bits per heavy atom. The SMILES string of the molecule is C=CCN(CCCC)C(=O)C1N([C@H](C)CO)C(=O)[C@@H]2[C@@H](C(=O)O)[C@@]3(CC)CCC12O3. The van der Waals surface area contributed by atoms with Crippen LogP contribution < -0.4 is 0 Å². The molecule has 3 aliphatic rings. The first kappa shape index (κ1) is 22.7. The summed E-state index contributed by atoms with van der Waals surface area (Å²) < 4.78 is 6.46. The number of carboxylic acids is 1. The molecule has 0 saturated carbocycles. The maximum atomic E-state index is 13.8. The van der Waals surface area contributed by atoms with E-state index in [0.717, 1.165) is 12.8 Å². The van der Waals surface area contributed by atoms with Crippen LogP contribution >= 0.6 is 0 Å². The van der Waals surface area contributed by atoms with E-state index in [1.807, 2.05) is 13.8 Å². The van der Waals surface area contributed by atoms with E-state index in [-0.39, 0.29) is 12.5 Å². The molecule has 0 aromatic heterocycles. The Bertz CT molecular complexity index is 726. The first-order valence-corrected chi connectivity index (χ1v) is 11.0. The molecule has 0 aromatic rings. The second kappa shape index (κ2) is 8.30. The molecule has 2 unspecified atom stereocenters. The van der Waals surface area contributed by atoms with E-state index in [4.69, 9.17) is 4.74 Å². The number of nitrogens with zero attached hydrogens (tertiary/aromatic N) is 2. The lowest BCUT2D eigenvalue weighted by Crippen LogP contribution is -2.58. The van der Waals surface area contributed by atoms with Gasteiger partial charge >= 0.3 is 5.97 Å². The first-order valence-electron chi connectivity index (χ1n) is 11.0. The van der Waals surface area contributed by atoms with E-state index in [9.17, 15) is 24.6 Å². The van der Waals surface area contributed by atoms with E-state index >= 15 is 0 Å². The molecule has 1 spiro atoms. The zero-order chi connectivity index (χ0) is 22.3. The van der Waals surface area contributed by atoms with Crippen molar-refractivity contribution in [2.45, 2.75) is 76.2 Å². The Labute approximate surface area is 177 Å². The molecule has 2 amide bonds. The molecule has 3 heterocycles. The molecule has 0 aliphatic carbocycles. The molecule has 3 aliphatic heterocycles. The quantitative estimate of drug-likeness (QED) is 0.516. The van der Waals surface area contributed by atoms with Crippen molar-refractivity contribution in [2.75, 3.05) is 19.7 Å². The number of likely N-dealkylation sites (tertiary alicyclic amines) is 1. The van der Waals surface area contributed by atoms with Crippen molar-refractivity contribution in [3.05, 3.63) is 12.7 Å². The van der Waals surface area contributed by atoms with Crippen molar-refractivity contribution in [2.24, 2.45) is 11.8 Å². The van der Waals surface area contributed by atoms with Crippen molar-refractivity contribution in [1.29, 1.82) is 0 Å². The van der Waals surface area contributed by atoms with Crippen molar-refractivity contribution < 1.29 is 29.3 Å². The van der Waals surface area contributed by atoms with Gasteiger partial charge in [0.1, 0.15) is 17.6 Å². The third-order valence-electron chi connectivity index (χ3n) is 7.30. The van der Waals surface area contributed by atoms with Gasteiger partial charge in [-0.1, -0.05) is 26.3 Å². The molecule has 2 bridgehead atoms.